The van der Waals surface area contributed by atoms with Crippen LogP contribution in [0.25, 0.3) is 0 Å². The predicted molar refractivity (Wildman–Crippen MR) is 81.2 cm³/mol. The molecule has 0 aromatic rings. The van der Waals surface area contributed by atoms with E-state index >= 15 is 0 Å². The molecule has 0 bridgehead atoms. The molecule has 9 heteroatoms. The molecule has 0 spiro atoms. The van der Waals surface area contributed by atoms with Gasteiger partial charge >= 0.3 is 149 Å². The van der Waals surface area contributed by atoms with Gasteiger partial charge in [0.25, 0.3) is 0 Å². The molecule has 0 saturated carbocycles. The fraction of sp³-hybridized carbons (Fsp3) is 0.500. The number of ketones is 4. The monoisotopic (exact) mass is 430 g/mol. The molecule has 25 heavy (non-hydrogen) atoms. The minimum absolute atomic E-state index is 0.659. The molecule has 8 nitrogen and oxygen atoms in total. The van der Waals surface area contributed by atoms with E-state index in [0.717, 1.165) is 27.7 Å². The Labute approximate surface area is 149 Å². The number of rotatable bonds is 12. The molecule has 136 valence electrons. The Morgan fingerprint density at radius 2 is 0.600 bits per heavy atom. The van der Waals surface area contributed by atoms with Gasteiger partial charge in [-0.2, -0.15) is 0 Å². The van der Waals surface area contributed by atoms with Gasteiger partial charge in [-0.1, -0.05) is 0 Å². The van der Waals surface area contributed by atoms with Crippen LogP contribution in [0, 0.1) is 0 Å². The molecule has 0 atom stereocenters. The van der Waals surface area contributed by atoms with Crippen molar-refractivity contribution in [3.63, 3.8) is 0 Å². The summed E-state index contributed by atoms with van der Waals surface area (Å²) in [6.07, 6.45) is -3.25. The number of hydrogen-bond acceptors (Lipinski definition) is 8. The summed E-state index contributed by atoms with van der Waals surface area (Å²) in [4.78, 5) is 95.7. The van der Waals surface area contributed by atoms with Gasteiger partial charge in [0, 0.05) is 0 Å². The van der Waals surface area contributed by atoms with Crippen LogP contribution >= 0.6 is 0 Å². The van der Waals surface area contributed by atoms with E-state index < -0.39 is 83.0 Å². The molecule has 0 fully saturated rings. The fourth-order valence-electron chi connectivity index (χ4n) is 2.37. The number of carbonyl (C=O) groups is 8. The first-order valence-electron chi connectivity index (χ1n) is 7.46. The third kappa shape index (κ3) is 6.23. The van der Waals surface area contributed by atoms with E-state index in [1.165, 1.54) is 0 Å². The Morgan fingerprint density at radius 3 is 0.720 bits per heavy atom. The molecule has 0 radical (unpaired) electrons. The molecule has 0 aliphatic rings. The summed E-state index contributed by atoms with van der Waals surface area (Å²) in [7, 11) is 0. The van der Waals surface area contributed by atoms with Gasteiger partial charge in [-0.05, 0) is 0 Å². The Balaban J connectivity index is 6.46. The first-order valence-corrected chi connectivity index (χ1v) is 12.4. The summed E-state index contributed by atoms with van der Waals surface area (Å²) in [6, 6.07) is 0. The van der Waals surface area contributed by atoms with E-state index in [9.17, 15) is 38.4 Å². The quantitative estimate of drug-likeness (QED) is 0.399. The van der Waals surface area contributed by atoms with Crippen molar-refractivity contribution in [2.24, 2.45) is 0 Å². The number of hydrogen-bond donors (Lipinski definition) is 0. The van der Waals surface area contributed by atoms with Crippen molar-refractivity contribution < 1.29 is 58.6 Å². The first kappa shape index (κ1) is 23.2. The Hall–Kier alpha value is -1.76. The molecule has 0 amide bonds. The molecule has 0 aliphatic carbocycles. The van der Waals surface area contributed by atoms with E-state index in [4.69, 9.17) is 0 Å². The van der Waals surface area contributed by atoms with Crippen LogP contribution in [-0.2, 0) is 58.6 Å². The SMILES string of the molecule is CC(=O)C[C](=O)[Zr]([C](=O)CC(C)=O)([C](=O)CC(C)=O)[C](=O)CC(C)=O. The summed E-state index contributed by atoms with van der Waals surface area (Å²) in [5.74, 6) is -2.64. The second-order valence-corrected chi connectivity index (χ2v) is 15.1. The molecule has 0 saturated heterocycles. The minimum atomic E-state index is -5.88. The van der Waals surface area contributed by atoms with Crippen molar-refractivity contribution in [1.82, 2.24) is 0 Å². The summed E-state index contributed by atoms with van der Waals surface area (Å²) in [5, 5.41) is 0. The standard InChI is InChI=1S/4C4H5O2.Zr/c4*1-4(6)2-3-5;/h4*2H2,1H3;. The van der Waals surface area contributed by atoms with Crippen LogP contribution in [0.3, 0.4) is 0 Å². The Bertz CT molecular complexity index is 556. The number of Topliss-reactive ketones (excluding diaryl/α,β-unsaturated/α-hetero) is 4. The zero-order valence-corrected chi connectivity index (χ0v) is 17.1. The number of carbonyl (C=O) groups excluding carboxylic acids is 8. The predicted octanol–water partition coefficient (Wildman–Crippen LogP) is 0.163. The molecule has 0 aromatic heterocycles. The zero-order valence-electron chi connectivity index (χ0n) is 14.6. The van der Waals surface area contributed by atoms with Crippen molar-refractivity contribution in [2.45, 2.75) is 53.4 Å². The van der Waals surface area contributed by atoms with Gasteiger partial charge in [0.15, 0.2) is 0 Å². The van der Waals surface area contributed by atoms with Crippen molar-refractivity contribution in [3.05, 3.63) is 0 Å². The molecule has 0 unspecified atom stereocenters. The van der Waals surface area contributed by atoms with Gasteiger partial charge in [0.2, 0.25) is 0 Å². The zero-order chi connectivity index (χ0) is 19.9. The summed E-state index contributed by atoms with van der Waals surface area (Å²) >= 11 is -5.88. The van der Waals surface area contributed by atoms with E-state index in [2.05, 4.69) is 0 Å². The molecule has 0 N–H and O–H groups in total. The van der Waals surface area contributed by atoms with Crippen LogP contribution in [0.1, 0.15) is 53.4 Å². The summed E-state index contributed by atoms with van der Waals surface area (Å²) in [6.45, 7) is 4.20. The van der Waals surface area contributed by atoms with Gasteiger partial charge in [0.1, 0.15) is 0 Å². The fourth-order valence-corrected chi connectivity index (χ4v) is 12.0. The average Bonchev–Trinajstić information content (AvgIpc) is 2.35. The molecule has 0 rings (SSSR count). The van der Waals surface area contributed by atoms with Gasteiger partial charge in [0.05, 0.1) is 0 Å². The Morgan fingerprint density at radius 1 is 0.440 bits per heavy atom. The van der Waals surface area contributed by atoms with E-state index in [1.54, 1.807) is 0 Å². The molecular weight excluding hydrogens is 411 g/mol. The van der Waals surface area contributed by atoms with Crippen LogP contribution in [0.4, 0.5) is 0 Å². The van der Waals surface area contributed by atoms with Crippen LogP contribution in [0.2, 0.25) is 0 Å². The van der Waals surface area contributed by atoms with Gasteiger partial charge in [-0.15, -0.1) is 0 Å². The first-order chi connectivity index (χ1) is 11.3. The van der Waals surface area contributed by atoms with Gasteiger partial charge in [-0.25, -0.2) is 0 Å². The second kappa shape index (κ2) is 9.66. The van der Waals surface area contributed by atoms with Crippen molar-refractivity contribution in [2.75, 3.05) is 0 Å². The van der Waals surface area contributed by atoms with Crippen LogP contribution in [0.15, 0.2) is 0 Å². The van der Waals surface area contributed by atoms with Crippen molar-refractivity contribution in [3.8, 4) is 0 Å². The topological polar surface area (TPSA) is 137 Å². The molecule has 0 heterocycles. The summed E-state index contributed by atoms with van der Waals surface area (Å²) < 4.78 is -4.42. The van der Waals surface area contributed by atoms with Crippen molar-refractivity contribution >= 4 is 37.1 Å². The van der Waals surface area contributed by atoms with Crippen LogP contribution in [-0.4, -0.2) is 37.1 Å². The van der Waals surface area contributed by atoms with Crippen molar-refractivity contribution in [1.29, 1.82) is 0 Å². The maximum absolute atomic E-state index is 12.6. The van der Waals surface area contributed by atoms with Crippen LogP contribution < -0.4 is 0 Å². The third-order valence-corrected chi connectivity index (χ3v) is 13.3. The normalized spacial score (nSPS) is 10.7. The Kier molecular flexibility index (Phi) is 8.98. The molecular formula is C16H20O8Zr. The third-order valence-electron chi connectivity index (χ3n) is 3.31. The van der Waals surface area contributed by atoms with Gasteiger partial charge < -0.3 is 0 Å². The molecule has 0 aliphatic heterocycles. The van der Waals surface area contributed by atoms with Gasteiger partial charge in [-0.3, -0.25) is 0 Å². The summed E-state index contributed by atoms with van der Waals surface area (Å²) in [5.41, 5.74) is 0. The maximum atomic E-state index is 12.6. The molecule has 0 aromatic carbocycles. The van der Waals surface area contributed by atoms with Crippen LogP contribution in [0.5, 0.6) is 0 Å². The average molecular weight is 432 g/mol. The van der Waals surface area contributed by atoms with E-state index in [0.29, 0.717) is 0 Å². The second-order valence-electron chi connectivity index (χ2n) is 5.96. The van der Waals surface area contributed by atoms with E-state index in [-0.39, 0.29) is 0 Å². The van der Waals surface area contributed by atoms with E-state index in [1.807, 2.05) is 0 Å².